The standard InChI is InChI=1S/C23H16Cl2F4N2O4/c24-13-4-5-15(16(25)9-13)17(26)10-30-21(32)19-18(11-31-22-20(19)33-6-7-34-22)35-14-3-1-2-12(8-14)23(27,28)29/h1-5,8-9,11,17H,6-7,10H2,(H,30,32)/t17-/m0/s1. The smallest absolute Gasteiger partial charge is 0.416 e. The Morgan fingerprint density at radius 1 is 1.14 bits per heavy atom. The number of rotatable bonds is 6. The van der Waals surface area contributed by atoms with E-state index in [9.17, 15) is 22.4 Å². The minimum absolute atomic E-state index is 0.00432. The molecule has 1 aliphatic heterocycles. The van der Waals surface area contributed by atoms with Crippen LogP contribution < -0.4 is 19.5 Å². The molecule has 184 valence electrons. The van der Waals surface area contributed by atoms with E-state index in [4.69, 9.17) is 37.4 Å². The number of carbonyl (C=O) groups excluding carboxylic acids is 1. The molecule has 0 aliphatic carbocycles. The van der Waals surface area contributed by atoms with Crippen molar-refractivity contribution in [1.82, 2.24) is 10.3 Å². The van der Waals surface area contributed by atoms with Gasteiger partial charge in [0.25, 0.3) is 11.8 Å². The molecule has 2 heterocycles. The molecule has 35 heavy (non-hydrogen) atoms. The molecule has 0 fully saturated rings. The summed E-state index contributed by atoms with van der Waals surface area (Å²) in [5.41, 5.74) is -1.03. The molecule has 1 atom stereocenters. The second kappa shape index (κ2) is 10.2. The van der Waals surface area contributed by atoms with Crippen molar-refractivity contribution in [3.8, 4) is 23.1 Å². The fourth-order valence-electron chi connectivity index (χ4n) is 3.27. The van der Waals surface area contributed by atoms with E-state index in [0.29, 0.717) is 5.02 Å². The molecular weight excluding hydrogens is 515 g/mol. The van der Waals surface area contributed by atoms with Crippen LogP contribution in [0.2, 0.25) is 10.0 Å². The molecule has 1 N–H and O–H groups in total. The number of alkyl halides is 4. The first-order valence-corrected chi connectivity index (χ1v) is 10.9. The maximum absolute atomic E-state index is 14.8. The van der Waals surface area contributed by atoms with E-state index >= 15 is 0 Å². The van der Waals surface area contributed by atoms with Crippen LogP contribution in [0.4, 0.5) is 17.6 Å². The van der Waals surface area contributed by atoms with Crippen LogP contribution in [0.25, 0.3) is 0 Å². The predicted octanol–water partition coefficient (Wildman–Crippen LogP) is 6.41. The number of ether oxygens (including phenoxy) is 3. The molecule has 0 bridgehead atoms. The number of hydrogen-bond acceptors (Lipinski definition) is 5. The number of nitrogens with zero attached hydrogens (tertiary/aromatic N) is 1. The quantitative estimate of drug-likeness (QED) is 0.373. The predicted molar refractivity (Wildman–Crippen MR) is 119 cm³/mol. The summed E-state index contributed by atoms with van der Waals surface area (Å²) in [4.78, 5) is 17.1. The highest BCUT2D eigenvalue weighted by molar-refractivity contribution is 6.35. The Balaban J connectivity index is 1.61. The van der Waals surface area contributed by atoms with Gasteiger partial charge in [0.05, 0.1) is 18.3 Å². The lowest BCUT2D eigenvalue weighted by atomic mass is 10.1. The van der Waals surface area contributed by atoms with Crippen molar-refractivity contribution in [2.24, 2.45) is 0 Å². The molecule has 0 spiro atoms. The van der Waals surface area contributed by atoms with Gasteiger partial charge < -0.3 is 19.5 Å². The van der Waals surface area contributed by atoms with Gasteiger partial charge in [-0.15, -0.1) is 0 Å². The third kappa shape index (κ3) is 5.71. The summed E-state index contributed by atoms with van der Waals surface area (Å²) in [5, 5.41) is 2.84. The normalized spacial score (nSPS) is 13.8. The maximum Gasteiger partial charge on any atom is 0.416 e. The number of fused-ring (bicyclic) bond motifs is 1. The van der Waals surface area contributed by atoms with Crippen molar-refractivity contribution >= 4 is 29.1 Å². The molecule has 2 aromatic carbocycles. The highest BCUT2D eigenvalue weighted by atomic mass is 35.5. The van der Waals surface area contributed by atoms with Crippen LogP contribution >= 0.6 is 23.2 Å². The minimum Gasteiger partial charge on any atom is -0.484 e. The lowest BCUT2D eigenvalue weighted by Crippen LogP contribution is -2.29. The zero-order chi connectivity index (χ0) is 25.2. The fourth-order valence-corrected chi connectivity index (χ4v) is 3.80. The Labute approximate surface area is 206 Å². The van der Waals surface area contributed by atoms with Crippen LogP contribution in [0.3, 0.4) is 0 Å². The molecule has 4 rings (SSSR count). The second-order valence-electron chi connectivity index (χ2n) is 7.30. The van der Waals surface area contributed by atoms with Crippen molar-refractivity contribution in [2.45, 2.75) is 12.3 Å². The second-order valence-corrected chi connectivity index (χ2v) is 8.14. The average Bonchev–Trinajstić information content (AvgIpc) is 2.82. The number of nitrogens with one attached hydrogen (secondary N) is 1. The van der Waals surface area contributed by atoms with Crippen molar-refractivity contribution in [3.63, 3.8) is 0 Å². The highest BCUT2D eigenvalue weighted by Crippen LogP contribution is 2.40. The number of pyridine rings is 1. The number of carbonyl (C=O) groups is 1. The molecule has 3 aromatic rings. The zero-order valence-electron chi connectivity index (χ0n) is 17.7. The summed E-state index contributed by atoms with van der Waals surface area (Å²) >= 11 is 11.9. The maximum atomic E-state index is 14.8. The number of hydrogen-bond donors (Lipinski definition) is 1. The lowest BCUT2D eigenvalue weighted by Gasteiger charge is -2.22. The monoisotopic (exact) mass is 530 g/mol. The third-order valence-corrected chi connectivity index (χ3v) is 5.46. The van der Waals surface area contributed by atoms with Gasteiger partial charge in [-0.05, 0) is 30.3 Å². The van der Waals surface area contributed by atoms with Crippen LogP contribution in [0.1, 0.15) is 27.7 Å². The molecule has 0 unspecified atom stereocenters. The molecule has 0 saturated heterocycles. The van der Waals surface area contributed by atoms with Crippen molar-refractivity contribution in [2.75, 3.05) is 19.8 Å². The Morgan fingerprint density at radius 3 is 2.66 bits per heavy atom. The number of benzene rings is 2. The summed E-state index contributed by atoms with van der Waals surface area (Å²) < 4.78 is 70.5. The Kier molecular flexibility index (Phi) is 7.23. The SMILES string of the molecule is O=C(NC[C@H](F)c1ccc(Cl)cc1Cl)c1c(Oc2cccc(C(F)(F)F)c2)cnc2c1OCCO2. The fraction of sp³-hybridized carbons (Fsp3) is 0.217. The van der Waals surface area contributed by atoms with Gasteiger partial charge in [0.15, 0.2) is 11.5 Å². The Bertz CT molecular complexity index is 1260. The molecule has 1 amide bonds. The van der Waals surface area contributed by atoms with Gasteiger partial charge in [0.2, 0.25) is 0 Å². The molecule has 0 saturated carbocycles. The van der Waals surface area contributed by atoms with Gasteiger partial charge in [-0.25, -0.2) is 9.37 Å². The molecule has 1 aromatic heterocycles. The van der Waals surface area contributed by atoms with Crippen LogP contribution in [-0.2, 0) is 6.18 Å². The molecular formula is C23H16Cl2F4N2O4. The zero-order valence-corrected chi connectivity index (χ0v) is 19.2. The largest absolute Gasteiger partial charge is 0.484 e. The van der Waals surface area contributed by atoms with Gasteiger partial charge in [0, 0.05) is 15.6 Å². The average molecular weight is 531 g/mol. The van der Waals surface area contributed by atoms with Crippen LogP contribution in [0.5, 0.6) is 23.1 Å². The van der Waals surface area contributed by atoms with Crippen LogP contribution in [-0.4, -0.2) is 30.6 Å². The number of amides is 1. The highest BCUT2D eigenvalue weighted by Gasteiger charge is 2.32. The van der Waals surface area contributed by atoms with Gasteiger partial charge in [-0.2, -0.15) is 13.2 Å². The van der Waals surface area contributed by atoms with E-state index in [1.165, 1.54) is 24.3 Å². The lowest BCUT2D eigenvalue weighted by molar-refractivity contribution is -0.137. The summed E-state index contributed by atoms with van der Waals surface area (Å²) in [6, 6.07) is 8.33. The summed E-state index contributed by atoms with van der Waals surface area (Å²) in [5.74, 6) is -1.29. The first-order valence-electron chi connectivity index (χ1n) is 10.1. The van der Waals surface area contributed by atoms with Crippen molar-refractivity contribution < 1.29 is 36.6 Å². The first-order chi connectivity index (χ1) is 16.6. The third-order valence-electron chi connectivity index (χ3n) is 4.89. The Morgan fingerprint density at radius 2 is 1.91 bits per heavy atom. The molecule has 0 radical (unpaired) electrons. The van der Waals surface area contributed by atoms with E-state index in [-0.39, 0.29) is 52.5 Å². The van der Waals surface area contributed by atoms with E-state index < -0.39 is 30.4 Å². The molecule has 6 nitrogen and oxygen atoms in total. The topological polar surface area (TPSA) is 69.7 Å². The van der Waals surface area contributed by atoms with Gasteiger partial charge >= 0.3 is 6.18 Å². The molecule has 12 heteroatoms. The van der Waals surface area contributed by atoms with Gasteiger partial charge in [-0.3, -0.25) is 4.79 Å². The van der Waals surface area contributed by atoms with Gasteiger partial charge in [-0.1, -0.05) is 35.3 Å². The van der Waals surface area contributed by atoms with E-state index in [2.05, 4.69) is 10.3 Å². The van der Waals surface area contributed by atoms with E-state index in [1.807, 2.05) is 0 Å². The van der Waals surface area contributed by atoms with Crippen molar-refractivity contribution in [3.05, 3.63) is 75.4 Å². The van der Waals surface area contributed by atoms with Crippen LogP contribution in [0, 0.1) is 0 Å². The number of halogens is 6. The summed E-state index contributed by atoms with van der Waals surface area (Å²) in [6.07, 6.45) is -5.15. The van der Waals surface area contributed by atoms with E-state index in [0.717, 1.165) is 24.4 Å². The van der Waals surface area contributed by atoms with E-state index in [1.54, 1.807) is 0 Å². The summed E-state index contributed by atoms with van der Waals surface area (Å²) in [7, 11) is 0. The Hall–Kier alpha value is -3.24. The van der Waals surface area contributed by atoms with Crippen LogP contribution in [0.15, 0.2) is 48.7 Å². The minimum atomic E-state index is -4.59. The van der Waals surface area contributed by atoms with Gasteiger partial charge in [0.1, 0.15) is 30.7 Å². The molecule has 1 aliphatic rings. The first kappa shape index (κ1) is 24.9. The summed E-state index contributed by atoms with van der Waals surface area (Å²) in [6.45, 7) is -0.203. The number of aromatic nitrogens is 1. The van der Waals surface area contributed by atoms with Crippen molar-refractivity contribution in [1.29, 1.82) is 0 Å².